The van der Waals surface area contributed by atoms with Crippen molar-refractivity contribution in [2.75, 3.05) is 13.2 Å². The van der Waals surface area contributed by atoms with Crippen LogP contribution in [0.5, 0.6) is 11.5 Å². The van der Waals surface area contributed by atoms with Crippen molar-refractivity contribution in [3.8, 4) is 11.5 Å². The molecule has 0 aliphatic heterocycles. The second-order valence-corrected chi connectivity index (χ2v) is 3.89. The zero-order valence-electron chi connectivity index (χ0n) is 10.5. The van der Waals surface area contributed by atoms with Gasteiger partial charge < -0.3 is 9.47 Å². The van der Waals surface area contributed by atoms with Crippen LogP contribution in [0.15, 0.2) is 18.2 Å². The molecule has 0 N–H and O–H groups in total. The van der Waals surface area contributed by atoms with Gasteiger partial charge in [0.25, 0.3) is 0 Å². The Morgan fingerprint density at radius 2 is 1.94 bits per heavy atom. The molecule has 16 heavy (non-hydrogen) atoms. The molecule has 1 aromatic carbocycles. The maximum Gasteiger partial charge on any atom is 0.161 e. The minimum Gasteiger partial charge on any atom is -0.490 e. The minimum atomic E-state index is 0.263. The summed E-state index contributed by atoms with van der Waals surface area (Å²) in [7, 11) is 0. The lowest BCUT2D eigenvalue weighted by Gasteiger charge is -2.14. The summed E-state index contributed by atoms with van der Waals surface area (Å²) in [4.78, 5) is 0. The molecule has 89 valence electrons. The molecule has 1 unspecified atom stereocenters. The molecule has 0 amide bonds. The second-order valence-electron chi connectivity index (χ2n) is 3.89. The molecule has 2 heteroatoms. The Kier molecular flexibility index (Phi) is 5.17. The molecule has 0 saturated carbocycles. The van der Waals surface area contributed by atoms with Crippen LogP contribution < -0.4 is 9.47 Å². The van der Waals surface area contributed by atoms with Gasteiger partial charge in [-0.25, -0.2) is 0 Å². The highest BCUT2D eigenvalue weighted by molar-refractivity contribution is 5.44. The highest BCUT2D eigenvalue weighted by Crippen LogP contribution is 2.31. The van der Waals surface area contributed by atoms with Gasteiger partial charge in [-0.15, -0.1) is 0 Å². The first-order chi connectivity index (χ1) is 7.69. The average Bonchev–Trinajstić information content (AvgIpc) is 2.27. The maximum absolute atomic E-state index is 5.63. The van der Waals surface area contributed by atoms with Crippen LogP contribution in [-0.2, 0) is 0 Å². The summed E-state index contributed by atoms with van der Waals surface area (Å²) < 4.78 is 11.2. The van der Waals surface area contributed by atoms with Gasteiger partial charge >= 0.3 is 0 Å². The molecule has 1 atom stereocenters. The van der Waals surface area contributed by atoms with Crippen LogP contribution in [0.2, 0.25) is 0 Å². The van der Waals surface area contributed by atoms with E-state index < -0.39 is 0 Å². The van der Waals surface area contributed by atoms with Gasteiger partial charge in [-0.05, 0) is 43.9 Å². The van der Waals surface area contributed by atoms with Crippen molar-refractivity contribution >= 4 is 0 Å². The number of benzene rings is 1. The summed E-state index contributed by atoms with van der Waals surface area (Å²) >= 11 is 0. The van der Waals surface area contributed by atoms with E-state index in [4.69, 9.17) is 9.47 Å². The van der Waals surface area contributed by atoms with Gasteiger partial charge in [0.1, 0.15) is 0 Å². The number of ether oxygens (including phenoxy) is 2. The molecule has 0 saturated heterocycles. The molecule has 0 aromatic heterocycles. The Balaban J connectivity index is 2.89. The lowest BCUT2D eigenvalue weighted by Crippen LogP contribution is -2.01. The number of hydrogen-bond donors (Lipinski definition) is 0. The first kappa shape index (κ1) is 12.9. The molecular formula is C14H21O2. The molecule has 2 nitrogen and oxygen atoms in total. The monoisotopic (exact) mass is 221 g/mol. The van der Waals surface area contributed by atoms with Crippen molar-refractivity contribution in [2.24, 2.45) is 0 Å². The first-order valence-electron chi connectivity index (χ1n) is 5.91. The Hall–Kier alpha value is -1.18. The summed E-state index contributed by atoms with van der Waals surface area (Å²) in [6.07, 6.45) is 0.999. The van der Waals surface area contributed by atoms with Crippen LogP contribution in [0.1, 0.15) is 38.7 Å². The molecule has 1 rings (SSSR count). The van der Waals surface area contributed by atoms with Crippen molar-refractivity contribution in [3.63, 3.8) is 0 Å². The third-order valence-electron chi connectivity index (χ3n) is 2.30. The summed E-state index contributed by atoms with van der Waals surface area (Å²) in [5, 5.41) is 0. The lowest BCUT2D eigenvalue weighted by atomic mass is 10.0. The molecule has 0 bridgehead atoms. The molecule has 0 spiro atoms. The van der Waals surface area contributed by atoms with E-state index in [0.717, 1.165) is 24.5 Å². The van der Waals surface area contributed by atoms with E-state index in [9.17, 15) is 0 Å². The van der Waals surface area contributed by atoms with Gasteiger partial charge in [-0.3, -0.25) is 0 Å². The molecule has 0 aliphatic carbocycles. The zero-order chi connectivity index (χ0) is 12.0. The summed E-state index contributed by atoms with van der Waals surface area (Å²) in [5.74, 6) is 1.91. The number of hydrogen-bond acceptors (Lipinski definition) is 2. The van der Waals surface area contributed by atoms with Crippen molar-refractivity contribution < 1.29 is 9.47 Å². The van der Waals surface area contributed by atoms with E-state index in [1.807, 2.05) is 25.1 Å². The van der Waals surface area contributed by atoms with E-state index in [2.05, 4.69) is 20.8 Å². The van der Waals surface area contributed by atoms with Crippen LogP contribution >= 0.6 is 0 Å². The lowest BCUT2D eigenvalue weighted by molar-refractivity contribution is 0.276. The van der Waals surface area contributed by atoms with Crippen LogP contribution in [0.25, 0.3) is 0 Å². The van der Waals surface area contributed by atoms with E-state index in [-0.39, 0.29) is 5.92 Å². The van der Waals surface area contributed by atoms with Gasteiger partial charge in [0, 0.05) is 0 Å². The third kappa shape index (κ3) is 3.44. The standard InChI is InChI=1S/C14H21O2/c1-5-9-16-13-8-7-12(11(3)4)10-14(13)15-6-2/h7-8,10-11H,3,5-6,9H2,1-2,4H3. The van der Waals surface area contributed by atoms with E-state index >= 15 is 0 Å². The molecular weight excluding hydrogens is 200 g/mol. The minimum absolute atomic E-state index is 0.263. The Labute approximate surface area is 98.6 Å². The number of rotatable bonds is 6. The van der Waals surface area contributed by atoms with Crippen molar-refractivity contribution in [1.82, 2.24) is 0 Å². The van der Waals surface area contributed by atoms with Crippen molar-refractivity contribution in [2.45, 2.75) is 33.1 Å². The molecule has 1 aromatic rings. The Morgan fingerprint density at radius 3 is 2.50 bits per heavy atom. The summed E-state index contributed by atoms with van der Waals surface area (Å²) in [6, 6.07) is 6.04. The average molecular weight is 221 g/mol. The fourth-order valence-electron chi connectivity index (χ4n) is 1.43. The van der Waals surface area contributed by atoms with Crippen LogP contribution in [-0.4, -0.2) is 13.2 Å². The highest BCUT2D eigenvalue weighted by Gasteiger charge is 2.08. The van der Waals surface area contributed by atoms with Crippen LogP contribution in [0.3, 0.4) is 0 Å². The Bertz CT molecular complexity index is 319. The van der Waals surface area contributed by atoms with Gasteiger partial charge in [-0.1, -0.05) is 19.9 Å². The van der Waals surface area contributed by atoms with Gasteiger partial charge in [0.05, 0.1) is 13.2 Å². The maximum atomic E-state index is 5.63. The Morgan fingerprint density at radius 1 is 1.19 bits per heavy atom. The smallest absolute Gasteiger partial charge is 0.161 e. The fraction of sp³-hybridized carbons (Fsp3) is 0.500. The first-order valence-corrected chi connectivity index (χ1v) is 5.91. The largest absolute Gasteiger partial charge is 0.490 e. The normalized spacial score (nSPS) is 10.6. The van der Waals surface area contributed by atoms with Crippen molar-refractivity contribution in [1.29, 1.82) is 0 Å². The van der Waals surface area contributed by atoms with Gasteiger partial charge in [0.2, 0.25) is 0 Å². The molecule has 1 radical (unpaired) electrons. The quantitative estimate of drug-likeness (QED) is 0.727. The van der Waals surface area contributed by atoms with E-state index in [0.29, 0.717) is 6.61 Å². The fourth-order valence-corrected chi connectivity index (χ4v) is 1.43. The zero-order valence-corrected chi connectivity index (χ0v) is 10.5. The topological polar surface area (TPSA) is 18.5 Å². The molecule has 0 fully saturated rings. The van der Waals surface area contributed by atoms with Crippen molar-refractivity contribution in [3.05, 3.63) is 30.7 Å². The van der Waals surface area contributed by atoms with Gasteiger partial charge in [0.15, 0.2) is 11.5 Å². The van der Waals surface area contributed by atoms with Crippen LogP contribution in [0.4, 0.5) is 0 Å². The van der Waals surface area contributed by atoms with E-state index in [1.165, 1.54) is 5.56 Å². The SMILES string of the molecule is [CH2]C(C)c1ccc(OCCC)c(OCC)c1. The third-order valence-corrected chi connectivity index (χ3v) is 2.30. The molecule has 0 heterocycles. The predicted molar refractivity (Wildman–Crippen MR) is 67.2 cm³/mol. The van der Waals surface area contributed by atoms with E-state index in [1.54, 1.807) is 0 Å². The summed E-state index contributed by atoms with van der Waals surface area (Å²) in [6.45, 7) is 11.5. The molecule has 0 aliphatic rings. The second kappa shape index (κ2) is 6.41. The summed E-state index contributed by atoms with van der Waals surface area (Å²) in [5.41, 5.74) is 1.17. The van der Waals surface area contributed by atoms with Crippen LogP contribution in [0, 0.1) is 6.92 Å². The predicted octanol–water partition coefficient (Wildman–Crippen LogP) is 3.81. The highest BCUT2D eigenvalue weighted by atomic mass is 16.5. The van der Waals surface area contributed by atoms with Gasteiger partial charge in [-0.2, -0.15) is 0 Å².